The summed E-state index contributed by atoms with van der Waals surface area (Å²) in [4.78, 5) is 23.5. The van der Waals surface area contributed by atoms with Crippen molar-refractivity contribution >= 4 is 34.1 Å². The van der Waals surface area contributed by atoms with E-state index in [9.17, 15) is 4.79 Å². The van der Waals surface area contributed by atoms with Gasteiger partial charge in [0.25, 0.3) is 0 Å². The first kappa shape index (κ1) is 36.1. The van der Waals surface area contributed by atoms with Crippen LogP contribution in [0.4, 0.5) is 0 Å². The molecular formula is C38H59N5O2S. The quantitative estimate of drug-likeness (QED) is 0.175. The van der Waals surface area contributed by atoms with Gasteiger partial charge in [0.15, 0.2) is 5.11 Å². The number of carbonyl (C=O) groups is 1. The van der Waals surface area contributed by atoms with Gasteiger partial charge < -0.3 is 20.3 Å². The zero-order valence-electron chi connectivity index (χ0n) is 29.8. The number of nitrogens with zero attached hydrogens (tertiary/aromatic N) is 3. The minimum atomic E-state index is -0.468. The second kappa shape index (κ2) is 15.5. The van der Waals surface area contributed by atoms with Crippen LogP contribution in [-0.2, 0) is 4.79 Å². The average molecular weight is 650 g/mol. The number of amides is 1. The highest BCUT2D eigenvalue weighted by Gasteiger charge is 2.43. The van der Waals surface area contributed by atoms with Gasteiger partial charge in [-0.25, -0.2) is 0 Å². The van der Waals surface area contributed by atoms with Crippen molar-refractivity contribution in [1.82, 2.24) is 25.4 Å². The Balaban J connectivity index is 1.69. The van der Waals surface area contributed by atoms with Crippen LogP contribution in [0.5, 0.6) is 5.75 Å². The van der Waals surface area contributed by atoms with E-state index in [0.29, 0.717) is 41.3 Å². The molecule has 2 bridgehead atoms. The van der Waals surface area contributed by atoms with Crippen LogP contribution in [0.1, 0.15) is 86.8 Å². The first-order chi connectivity index (χ1) is 21.7. The van der Waals surface area contributed by atoms with Crippen molar-refractivity contribution in [1.29, 1.82) is 0 Å². The number of benzene rings is 1. The van der Waals surface area contributed by atoms with Gasteiger partial charge in [-0.05, 0) is 96.4 Å². The molecule has 1 aromatic carbocycles. The third-order valence-electron chi connectivity index (χ3n) is 9.36. The van der Waals surface area contributed by atoms with E-state index < -0.39 is 6.04 Å². The summed E-state index contributed by atoms with van der Waals surface area (Å²) in [5.41, 5.74) is 1.73. The number of rotatable bonds is 13. The summed E-state index contributed by atoms with van der Waals surface area (Å²) < 4.78 is 6.16. The molecule has 0 aliphatic carbocycles. The van der Waals surface area contributed by atoms with Crippen LogP contribution in [0.2, 0.25) is 0 Å². The Labute approximate surface area is 283 Å². The van der Waals surface area contributed by atoms with Crippen molar-refractivity contribution < 1.29 is 9.53 Å². The fourth-order valence-electron chi connectivity index (χ4n) is 7.16. The molecule has 3 saturated heterocycles. The SMILES string of the molecule is C=C[C@H]1CN2CC[C@H]1C[C@H]2[C@@H](NC(=S)N[C@H](C(=O)N(CC(C)C)CC(C)C)C(C)(C)C)c1ccnc2ccc(OCC(C)C)cc12. The minimum Gasteiger partial charge on any atom is -0.493 e. The molecule has 46 heavy (non-hydrogen) atoms. The summed E-state index contributed by atoms with van der Waals surface area (Å²) in [5.74, 6) is 3.25. The van der Waals surface area contributed by atoms with Crippen molar-refractivity contribution in [3.63, 3.8) is 0 Å². The van der Waals surface area contributed by atoms with Crippen LogP contribution in [0.15, 0.2) is 43.1 Å². The molecule has 1 unspecified atom stereocenters. The Morgan fingerprint density at radius 2 is 1.80 bits per heavy atom. The fourth-order valence-corrected chi connectivity index (χ4v) is 7.40. The van der Waals surface area contributed by atoms with Crippen LogP contribution in [-0.4, -0.2) is 70.7 Å². The van der Waals surface area contributed by atoms with Crippen LogP contribution in [0, 0.1) is 35.0 Å². The highest BCUT2D eigenvalue weighted by Crippen LogP contribution is 2.42. The van der Waals surface area contributed by atoms with Crippen LogP contribution < -0.4 is 15.4 Å². The lowest BCUT2D eigenvalue weighted by atomic mass is 9.73. The molecule has 4 heterocycles. The molecule has 0 saturated carbocycles. The molecule has 6 atom stereocenters. The van der Waals surface area contributed by atoms with Gasteiger partial charge >= 0.3 is 0 Å². The lowest BCUT2D eigenvalue weighted by molar-refractivity contribution is -0.136. The smallest absolute Gasteiger partial charge is 0.245 e. The molecule has 254 valence electrons. The molecule has 7 nitrogen and oxygen atoms in total. The number of fused-ring (bicyclic) bond motifs is 4. The van der Waals surface area contributed by atoms with E-state index in [1.807, 2.05) is 17.2 Å². The maximum absolute atomic E-state index is 14.2. The van der Waals surface area contributed by atoms with Gasteiger partial charge in [-0.15, -0.1) is 6.58 Å². The number of ether oxygens (including phenoxy) is 1. The van der Waals surface area contributed by atoms with E-state index in [4.69, 9.17) is 21.9 Å². The molecule has 0 spiro atoms. The lowest BCUT2D eigenvalue weighted by Crippen LogP contribution is -2.60. The first-order valence-corrected chi connectivity index (χ1v) is 17.8. The maximum atomic E-state index is 14.2. The van der Waals surface area contributed by atoms with Crippen molar-refractivity contribution in [3.05, 3.63) is 48.7 Å². The largest absolute Gasteiger partial charge is 0.493 e. The number of hydrogen-bond donors (Lipinski definition) is 2. The van der Waals surface area contributed by atoms with E-state index in [0.717, 1.165) is 54.8 Å². The molecule has 1 aromatic heterocycles. The molecule has 8 heteroatoms. The second-order valence-corrected chi connectivity index (χ2v) is 16.4. The Morgan fingerprint density at radius 1 is 1.11 bits per heavy atom. The summed E-state index contributed by atoms with van der Waals surface area (Å²) >= 11 is 6.11. The summed E-state index contributed by atoms with van der Waals surface area (Å²) in [6.45, 7) is 27.6. The second-order valence-electron chi connectivity index (χ2n) is 16.0. The molecule has 2 N–H and O–H groups in total. The van der Waals surface area contributed by atoms with Crippen molar-refractivity contribution in [3.8, 4) is 5.75 Å². The van der Waals surface area contributed by atoms with Gasteiger partial charge in [-0.3, -0.25) is 14.7 Å². The molecule has 3 fully saturated rings. The molecule has 3 aliphatic rings. The Kier molecular flexibility index (Phi) is 12.1. The highest BCUT2D eigenvalue weighted by molar-refractivity contribution is 7.80. The van der Waals surface area contributed by atoms with Crippen LogP contribution >= 0.6 is 12.2 Å². The number of thiocarbonyl (C=S) groups is 1. The molecule has 1 amide bonds. The Bertz CT molecular complexity index is 1340. The maximum Gasteiger partial charge on any atom is 0.245 e. The van der Waals surface area contributed by atoms with Crippen LogP contribution in [0.25, 0.3) is 10.9 Å². The molecule has 0 radical (unpaired) electrons. The van der Waals surface area contributed by atoms with Crippen molar-refractivity contribution in [2.75, 3.05) is 32.8 Å². The topological polar surface area (TPSA) is 69.7 Å². The Morgan fingerprint density at radius 3 is 2.37 bits per heavy atom. The van der Waals surface area contributed by atoms with E-state index >= 15 is 0 Å². The van der Waals surface area contributed by atoms with Crippen molar-refractivity contribution in [2.24, 2.45) is 35.0 Å². The van der Waals surface area contributed by atoms with E-state index in [2.05, 4.69) is 109 Å². The van der Waals surface area contributed by atoms with Gasteiger partial charge in [0.2, 0.25) is 5.91 Å². The monoisotopic (exact) mass is 649 g/mol. The predicted molar refractivity (Wildman–Crippen MR) is 195 cm³/mol. The number of aromatic nitrogens is 1. The van der Waals surface area contributed by atoms with Gasteiger partial charge in [0.05, 0.1) is 18.2 Å². The molecular weight excluding hydrogens is 591 g/mol. The van der Waals surface area contributed by atoms with E-state index in [1.165, 1.54) is 6.42 Å². The zero-order chi connectivity index (χ0) is 33.8. The molecule has 2 aromatic rings. The minimum absolute atomic E-state index is 0.0995. The van der Waals surface area contributed by atoms with Crippen LogP contribution in [0.3, 0.4) is 0 Å². The normalized spacial score (nSPS) is 22.6. The standard InChI is InChI=1S/C38H59N5O2S/c1-11-27-22-42-17-15-28(27)18-33(42)34(30-14-16-39-32-13-12-29(19-31(30)32)45-23-26(6)7)40-37(46)41-35(38(8,9)10)36(44)43(20-24(2)3)21-25(4)5/h11-14,16,19,24-28,33-35H,1,15,17-18,20-23H2,2-10H3,(H2,40,41,46)/t27-,28-,33-,34-,35+/m0/s1. The summed E-state index contributed by atoms with van der Waals surface area (Å²) in [7, 11) is 0. The van der Waals surface area contributed by atoms with Crippen molar-refractivity contribution in [2.45, 2.75) is 93.3 Å². The summed E-state index contributed by atoms with van der Waals surface area (Å²) in [5, 5.41) is 8.88. The number of piperidine rings is 3. The first-order valence-electron chi connectivity index (χ1n) is 17.4. The average Bonchev–Trinajstić information content (AvgIpc) is 2.99. The highest BCUT2D eigenvalue weighted by atomic mass is 32.1. The number of pyridine rings is 1. The van der Waals surface area contributed by atoms with E-state index in [-0.39, 0.29) is 23.4 Å². The van der Waals surface area contributed by atoms with Gasteiger partial charge in [-0.2, -0.15) is 0 Å². The predicted octanol–water partition coefficient (Wildman–Crippen LogP) is 7.23. The number of nitrogens with one attached hydrogen (secondary N) is 2. The van der Waals surface area contributed by atoms with Gasteiger partial charge in [0.1, 0.15) is 11.8 Å². The zero-order valence-corrected chi connectivity index (χ0v) is 30.6. The Hall–Kier alpha value is -2.71. The summed E-state index contributed by atoms with van der Waals surface area (Å²) in [6, 6.07) is 7.99. The van der Waals surface area contributed by atoms with E-state index in [1.54, 1.807) is 0 Å². The number of hydrogen-bond acceptors (Lipinski definition) is 5. The van der Waals surface area contributed by atoms with Gasteiger partial charge in [-0.1, -0.05) is 68.4 Å². The fraction of sp³-hybridized carbons (Fsp3) is 0.658. The van der Waals surface area contributed by atoms with Gasteiger partial charge in [0, 0.05) is 37.3 Å². The summed E-state index contributed by atoms with van der Waals surface area (Å²) in [6.07, 6.45) is 6.29. The third kappa shape index (κ3) is 9.00. The third-order valence-corrected chi connectivity index (χ3v) is 9.60. The number of carbonyl (C=O) groups excluding carboxylic acids is 1. The molecule has 3 aliphatic heterocycles. The molecule has 5 rings (SSSR count). The lowest BCUT2D eigenvalue weighted by Gasteiger charge is -2.52.